The molecule has 0 aliphatic heterocycles. The zero-order chi connectivity index (χ0) is 19.3. The maximum atomic E-state index is 12.2. The molecule has 12 heteroatoms. The van der Waals surface area contributed by atoms with Crippen molar-refractivity contribution >= 4 is 23.3 Å². The molecule has 1 aromatic heterocycles. The van der Waals surface area contributed by atoms with Crippen molar-refractivity contribution in [1.29, 1.82) is 0 Å². The molecule has 26 heavy (non-hydrogen) atoms. The van der Waals surface area contributed by atoms with Crippen LogP contribution >= 0.6 is 0 Å². The van der Waals surface area contributed by atoms with Crippen LogP contribution in [0.3, 0.4) is 0 Å². The van der Waals surface area contributed by atoms with E-state index < -0.39 is 42.1 Å². The van der Waals surface area contributed by atoms with E-state index in [1.807, 2.05) is 0 Å². The number of carbonyl (C=O) groups excluding carboxylic acids is 1. The van der Waals surface area contributed by atoms with Gasteiger partial charge in [-0.3, -0.25) is 19.7 Å². The molecule has 0 unspecified atom stereocenters. The van der Waals surface area contributed by atoms with Crippen molar-refractivity contribution < 1.29 is 33.1 Å². The largest absolute Gasteiger partial charge is 0.487 e. The van der Waals surface area contributed by atoms with Gasteiger partial charge in [0.1, 0.15) is 24.6 Å². The highest BCUT2D eigenvalue weighted by molar-refractivity contribution is 6.03. The lowest BCUT2D eigenvalue weighted by Crippen LogP contribution is -2.20. The van der Waals surface area contributed by atoms with E-state index in [2.05, 4.69) is 10.4 Å². The molecule has 0 fully saturated rings. The standard InChI is InChI=1S/C14H12F2N4O6/c15-12(16)7-26-10-4-8(3-9(5-10)20(24)25)18-14(23)11-1-2-17-19(11)6-13(21)22/h1-5,12H,6-7H2,(H,18,23)(H,21,22). The molecule has 0 saturated heterocycles. The van der Waals surface area contributed by atoms with Crippen LogP contribution in [0.25, 0.3) is 0 Å². The summed E-state index contributed by atoms with van der Waals surface area (Å²) in [7, 11) is 0. The second-order valence-corrected chi connectivity index (χ2v) is 4.90. The monoisotopic (exact) mass is 370 g/mol. The van der Waals surface area contributed by atoms with E-state index in [1.165, 1.54) is 12.3 Å². The Balaban J connectivity index is 2.24. The van der Waals surface area contributed by atoms with Gasteiger partial charge in [0.25, 0.3) is 18.0 Å². The molecule has 0 bridgehead atoms. The number of nitro groups is 1. The quantitative estimate of drug-likeness (QED) is 0.534. The third kappa shape index (κ3) is 4.96. The van der Waals surface area contributed by atoms with Crippen LogP contribution in [-0.4, -0.2) is 44.7 Å². The molecule has 138 valence electrons. The first-order valence-electron chi connectivity index (χ1n) is 7.01. The highest BCUT2D eigenvalue weighted by Crippen LogP contribution is 2.26. The van der Waals surface area contributed by atoms with Gasteiger partial charge in [-0.05, 0) is 6.07 Å². The van der Waals surface area contributed by atoms with Crippen LogP contribution in [0.2, 0.25) is 0 Å². The molecule has 1 amide bonds. The maximum Gasteiger partial charge on any atom is 0.325 e. The van der Waals surface area contributed by atoms with Gasteiger partial charge in [0, 0.05) is 18.3 Å². The molecule has 0 aliphatic rings. The van der Waals surface area contributed by atoms with Crippen LogP contribution in [0, 0.1) is 10.1 Å². The maximum absolute atomic E-state index is 12.2. The number of aromatic nitrogens is 2. The Bertz CT molecular complexity index is 839. The van der Waals surface area contributed by atoms with Gasteiger partial charge >= 0.3 is 5.97 Å². The highest BCUT2D eigenvalue weighted by Gasteiger charge is 2.17. The molecule has 1 heterocycles. The Morgan fingerprint density at radius 1 is 1.38 bits per heavy atom. The lowest BCUT2D eigenvalue weighted by Gasteiger charge is -2.10. The molecule has 10 nitrogen and oxygen atoms in total. The van der Waals surface area contributed by atoms with Crippen molar-refractivity contribution in [1.82, 2.24) is 9.78 Å². The van der Waals surface area contributed by atoms with E-state index in [4.69, 9.17) is 9.84 Å². The SMILES string of the molecule is O=C(O)Cn1nccc1C(=O)Nc1cc(OCC(F)F)cc([N+](=O)[O-])c1. The number of hydrogen-bond donors (Lipinski definition) is 2. The second-order valence-electron chi connectivity index (χ2n) is 4.90. The van der Waals surface area contributed by atoms with E-state index in [9.17, 15) is 28.5 Å². The zero-order valence-electron chi connectivity index (χ0n) is 13.0. The number of carboxylic acid groups (broad SMARTS) is 1. The number of halogens is 2. The summed E-state index contributed by atoms with van der Waals surface area (Å²) in [6, 6.07) is 4.33. The number of aliphatic carboxylic acids is 1. The molecule has 2 N–H and O–H groups in total. The Hall–Kier alpha value is -3.57. The number of carbonyl (C=O) groups is 2. The third-order valence-corrected chi connectivity index (χ3v) is 2.97. The number of nitrogens with one attached hydrogen (secondary N) is 1. The molecule has 0 radical (unpaired) electrons. The van der Waals surface area contributed by atoms with Crippen LogP contribution in [0.15, 0.2) is 30.5 Å². The van der Waals surface area contributed by atoms with Crippen LogP contribution < -0.4 is 10.1 Å². The van der Waals surface area contributed by atoms with Gasteiger partial charge in [-0.15, -0.1) is 0 Å². The fourth-order valence-electron chi connectivity index (χ4n) is 1.98. The lowest BCUT2D eigenvalue weighted by atomic mass is 10.2. The van der Waals surface area contributed by atoms with Crippen molar-refractivity contribution in [2.75, 3.05) is 11.9 Å². The molecular formula is C14H12F2N4O6. The third-order valence-electron chi connectivity index (χ3n) is 2.97. The summed E-state index contributed by atoms with van der Waals surface area (Å²) in [4.78, 5) is 33.2. The van der Waals surface area contributed by atoms with Gasteiger partial charge < -0.3 is 15.2 Å². The van der Waals surface area contributed by atoms with Gasteiger partial charge in [-0.25, -0.2) is 13.5 Å². The minimum Gasteiger partial charge on any atom is -0.487 e. The number of amides is 1. The van der Waals surface area contributed by atoms with Crippen LogP contribution in [-0.2, 0) is 11.3 Å². The number of benzene rings is 1. The van der Waals surface area contributed by atoms with Crippen molar-refractivity contribution in [3.8, 4) is 5.75 Å². The Morgan fingerprint density at radius 3 is 2.73 bits per heavy atom. The van der Waals surface area contributed by atoms with Crippen molar-refractivity contribution in [2.45, 2.75) is 13.0 Å². The normalized spacial score (nSPS) is 10.6. The van der Waals surface area contributed by atoms with Crippen LogP contribution in [0.1, 0.15) is 10.5 Å². The van der Waals surface area contributed by atoms with Gasteiger partial charge in [-0.1, -0.05) is 0 Å². The fraction of sp³-hybridized carbons (Fsp3) is 0.214. The average molecular weight is 370 g/mol. The van der Waals surface area contributed by atoms with Gasteiger partial charge in [0.2, 0.25) is 0 Å². The summed E-state index contributed by atoms with van der Waals surface area (Å²) in [5.41, 5.74) is -0.670. The summed E-state index contributed by atoms with van der Waals surface area (Å²) < 4.78 is 30.1. The average Bonchev–Trinajstić information content (AvgIpc) is 3.00. The van der Waals surface area contributed by atoms with E-state index in [0.29, 0.717) is 0 Å². The molecule has 0 aliphatic carbocycles. The van der Waals surface area contributed by atoms with Gasteiger partial charge in [-0.2, -0.15) is 5.10 Å². The first-order chi connectivity index (χ1) is 12.3. The number of nitro benzene ring substituents is 1. The summed E-state index contributed by atoms with van der Waals surface area (Å²) >= 11 is 0. The Morgan fingerprint density at radius 2 is 2.12 bits per heavy atom. The van der Waals surface area contributed by atoms with Crippen LogP contribution in [0.4, 0.5) is 20.2 Å². The molecule has 0 saturated carbocycles. The smallest absolute Gasteiger partial charge is 0.325 e. The van der Waals surface area contributed by atoms with E-state index in [1.54, 1.807) is 0 Å². The van der Waals surface area contributed by atoms with Crippen molar-refractivity contribution in [2.24, 2.45) is 0 Å². The number of nitrogens with zero attached hydrogens (tertiary/aromatic N) is 3. The number of hydrogen-bond acceptors (Lipinski definition) is 6. The minimum atomic E-state index is -2.78. The first-order valence-corrected chi connectivity index (χ1v) is 7.01. The number of carboxylic acids is 1. The molecule has 1 aromatic carbocycles. The molecule has 2 rings (SSSR count). The zero-order valence-corrected chi connectivity index (χ0v) is 13.0. The van der Waals surface area contributed by atoms with E-state index >= 15 is 0 Å². The number of ether oxygens (including phenoxy) is 1. The topological polar surface area (TPSA) is 137 Å². The fourth-order valence-corrected chi connectivity index (χ4v) is 1.98. The summed E-state index contributed by atoms with van der Waals surface area (Å²) in [5.74, 6) is -2.24. The summed E-state index contributed by atoms with van der Waals surface area (Å²) in [6.07, 6.45) is -1.57. The van der Waals surface area contributed by atoms with E-state index in [0.717, 1.165) is 22.9 Å². The second kappa shape index (κ2) is 8.00. The van der Waals surface area contributed by atoms with Crippen molar-refractivity contribution in [3.05, 3.63) is 46.3 Å². The first kappa shape index (κ1) is 18.8. The molecule has 0 atom stereocenters. The van der Waals surface area contributed by atoms with Crippen LogP contribution in [0.5, 0.6) is 5.75 Å². The van der Waals surface area contributed by atoms with Gasteiger partial charge in [0.05, 0.1) is 16.7 Å². The number of rotatable bonds is 8. The number of non-ortho nitro benzene ring substituents is 1. The number of anilines is 1. The minimum absolute atomic E-state index is 0.0865. The summed E-state index contributed by atoms with van der Waals surface area (Å²) in [5, 5.41) is 25.7. The molecule has 0 spiro atoms. The lowest BCUT2D eigenvalue weighted by molar-refractivity contribution is -0.384. The Labute approximate surface area is 144 Å². The predicted octanol–water partition coefficient (Wildman–Crippen LogP) is 1.77. The Kier molecular flexibility index (Phi) is 5.78. The predicted molar refractivity (Wildman–Crippen MR) is 82.4 cm³/mol. The van der Waals surface area contributed by atoms with E-state index in [-0.39, 0.29) is 17.1 Å². The number of alkyl halides is 2. The van der Waals surface area contributed by atoms with Crippen molar-refractivity contribution in [3.63, 3.8) is 0 Å². The summed E-state index contributed by atoms with van der Waals surface area (Å²) in [6.45, 7) is -1.53. The highest BCUT2D eigenvalue weighted by atomic mass is 19.3. The molecule has 2 aromatic rings. The van der Waals surface area contributed by atoms with Gasteiger partial charge in [0.15, 0.2) is 0 Å². The molecular weight excluding hydrogens is 358 g/mol.